The van der Waals surface area contributed by atoms with Crippen molar-refractivity contribution in [1.29, 1.82) is 0 Å². The molecular weight excluding hydrogens is 502 g/mol. The van der Waals surface area contributed by atoms with Crippen molar-refractivity contribution >= 4 is 37.5 Å². The van der Waals surface area contributed by atoms with E-state index in [0.29, 0.717) is 43.9 Å². The van der Waals surface area contributed by atoms with E-state index in [-0.39, 0.29) is 12.5 Å². The van der Waals surface area contributed by atoms with Crippen molar-refractivity contribution in [3.05, 3.63) is 57.6 Å². The number of halogens is 1. The molecule has 33 heavy (non-hydrogen) atoms. The highest BCUT2D eigenvalue weighted by Crippen LogP contribution is 2.26. The number of nitrogens with one attached hydrogen (secondary N) is 1. The minimum absolute atomic E-state index is 0.0527. The number of anilines is 1. The monoisotopic (exact) mass is 535 g/mol. The van der Waals surface area contributed by atoms with Crippen LogP contribution in [-0.2, 0) is 34.1 Å². The van der Waals surface area contributed by atoms with E-state index in [1.165, 1.54) is 0 Å². The van der Waals surface area contributed by atoms with Crippen LogP contribution in [0.4, 0.5) is 5.69 Å². The Morgan fingerprint density at radius 3 is 2.24 bits per heavy atom. The fourth-order valence-corrected chi connectivity index (χ4v) is 6.50. The zero-order valence-electron chi connectivity index (χ0n) is 19.7. The first-order chi connectivity index (χ1) is 15.8. The van der Waals surface area contributed by atoms with Crippen LogP contribution >= 0.6 is 15.9 Å². The van der Waals surface area contributed by atoms with Gasteiger partial charge in [-0.1, -0.05) is 54.9 Å². The largest absolute Gasteiger partial charge is 0.324 e. The second-order valence-corrected chi connectivity index (χ2v) is 11.2. The van der Waals surface area contributed by atoms with E-state index in [1.54, 1.807) is 16.4 Å². The molecule has 0 spiro atoms. The van der Waals surface area contributed by atoms with Crippen LogP contribution < -0.4 is 5.32 Å². The summed E-state index contributed by atoms with van der Waals surface area (Å²) < 4.78 is 29.2. The maximum absolute atomic E-state index is 13.4. The Morgan fingerprint density at radius 2 is 1.61 bits per heavy atom. The molecule has 0 radical (unpaired) electrons. The summed E-state index contributed by atoms with van der Waals surface area (Å²) >= 11 is 3.43. The first kappa shape index (κ1) is 25.9. The number of aryl methyl sites for hydroxylation is 3. The van der Waals surface area contributed by atoms with E-state index in [1.807, 2.05) is 24.0 Å². The molecule has 1 heterocycles. The molecule has 0 atom stereocenters. The molecule has 0 saturated carbocycles. The highest BCUT2D eigenvalue weighted by Gasteiger charge is 2.29. The number of amides is 1. The fraction of sp³-hybridized carbons (Fsp3) is 0.480. The molecule has 1 aliphatic rings. The average Bonchev–Trinajstić information content (AvgIpc) is 3.04. The highest BCUT2D eigenvalue weighted by molar-refractivity contribution is 9.10. The summed E-state index contributed by atoms with van der Waals surface area (Å²) in [5, 5.41) is 3.12. The van der Waals surface area contributed by atoms with Crippen molar-refractivity contribution in [2.24, 2.45) is 0 Å². The third kappa shape index (κ3) is 6.23. The summed E-state index contributed by atoms with van der Waals surface area (Å²) in [6, 6.07) is 11.5. The van der Waals surface area contributed by atoms with Crippen molar-refractivity contribution < 1.29 is 13.2 Å². The fourth-order valence-electron chi connectivity index (χ4n) is 4.35. The van der Waals surface area contributed by atoms with Gasteiger partial charge in [0.15, 0.2) is 0 Å². The van der Waals surface area contributed by atoms with E-state index >= 15 is 0 Å². The molecule has 2 aromatic rings. The van der Waals surface area contributed by atoms with Gasteiger partial charge < -0.3 is 5.32 Å². The first-order valence-corrected chi connectivity index (χ1v) is 13.9. The van der Waals surface area contributed by atoms with Crippen molar-refractivity contribution in [2.45, 2.75) is 51.3 Å². The van der Waals surface area contributed by atoms with Crippen LogP contribution in [-0.4, -0.2) is 56.3 Å². The Labute approximate surface area is 206 Å². The number of para-hydroxylation sites is 1. The van der Waals surface area contributed by atoms with Crippen molar-refractivity contribution in [3.63, 3.8) is 0 Å². The second kappa shape index (κ2) is 11.6. The van der Waals surface area contributed by atoms with E-state index < -0.39 is 10.0 Å². The molecule has 1 fully saturated rings. The maximum atomic E-state index is 13.4. The standard InChI is InChI=1S/C25H34BrN3O3S/c1-4-19-9-7-10-20(5-2)25(19)27-24(30)18-28-13-8-14-29(16-15-28)33(31,32)23-12-11-22(26)17-21(23)6-3/h7,9-12,17H,4-6,8,13-16,18H2,1-3H3,(H,27,30). The SMILES string of the molecule is CCc1cc(Br)ccc1S(=O)(=O)N1CCCN(CC(=O)Nc2c(CC)cccc2CC)CC1. The summed E-state index contributed by atoms with van der Waals surface area (Å²) in [4.78, 5) is 15.3. The minimum Gasteiger partial charge on any atom is -0.324 e. The van der Waals surface area contributed by atoms with Gasteiger partial charge in [-0.2, -0.15) is 4.31 Å². The zero-order chi connectivity index (χ0) is 24.0. The van der Waals surface area contributed by atoms with Crippen LogP contribution in [0.5, 0.6) is 0 Å². The van der Waals surface area contributed by atoms with Gasteiger partial charge in [0.1, 0.15) is 0 Å². The maximum Gasteiger partial charge on any atom is 0.243 e. The molecule has 1 aliphatic heterocycles. The highest BCUT2D eigenvalue weighted by atomic mass is 79.9. The van der Waals surface area contributed by atoms with Crippen LogP contribution in [0.2, 0.25) is 0 Å². The van der Waals surface area contributed by atoms with Gasteiger partial charge in [-0.15, -0.1) is 0 Å². The number of nitrogens with zero attached hydrogens (tertiary/aromatic N) is 2. The molecule has 0 unspecified atom stereocenters. The summed E-state index contributed by atoms with van der Waals surface area (Å²) in [7, 11) is -3.58. The zero-order valence-corrected chi connectivity index (χ0v) is 22.1. The van der Waals surface area contributed by atoms with Gasteiger partial charge in [-0.05, 0) is 67.1 Å². The Hall–Kier alpha value is -1.74. The van der Waals surface area contributed by atoms with Crippen LogP contribution in [0, 0.1) is 0 Å². The number of carbonyl (C=O) groups excluding carboxylic acids is 1. The predicted molar refractivity (Wildman–Crippen MR) is 137 cm³/mol. The van der Waals surface area contributed by atoms with Gasteiger partial charge in [0, 0.05) is 29.8 Å². The topological polar surface area (TPSA) is 69.7 Å². The van der Waals surface area contributed by atoms with E-state index in [9.17, 15) is 13.2 Å². The van der Waals surface area contributed by atoms with Crippen molar-refractivity contribution in [1.82, 2.24) is 9.21 Å². The van der Waals surface area contributed by atoms with Crippen LogP contribution in [0.1, 0.15) is 43.9 Å². The summed E-state index contributed by atoms with van der Waals surface area (Å²) in [6.07, 6.45) is 3.05. The van der Waals surface area contributed by atoms with Gasteiger partial charge in [-0.25, -0.2) is 8.42 Å². The van der Waals surface area contributed by atoms with Gasteiger partial charge in [0.05, 0.1) is 11.4 Å². The molecule has 6 nitrogen and oxygen atoms in total. The first-order valence-electron chi connectivity index (χ1n) is 11.7. The molecule has 1 amide bonds. The summed E-state index contributed by atoms with van der Waals surface area (Å²) in [6.45, 7) is 8.45. The molecule has 0 aliphatic carbocycles. The number of rotatable bonds is 8. The van der Waals surface area contributed by atoms with Crippen molar-refractivity contribution in [2.75, 3.05) is 38.0 Å². The van der Waals surface area contributed by atoms with Crippen LogP contribution in [0.25, 0.3) is 0 Å². The quantitative estimate of drug-likeness (QED) is 0.541. The number of benzene rings is 2. The molecular formula is C25H34BrN3O3S. The van der Waals surface area contributed by atoms with Gasteiger partial charge >= 0.3 is 0 Å². The van der Waals surface area contributed by atoms with E-state index in [4.69, 9.17) is 0 Å². The lowest BCUT2D eigenvalue weighted by Gasteiger charge is -2.23. The smallest absolute Gasteiger partial charge is 0.243 e. The molecule has 8 heteroatoms. The Kier molecular flexibility index (Phi) is 9.09. The molecule has 180 valence electrons. The third-order valence-electron chi connectivity index (χ3n) is 6.20. The van der Waals surface area contributed by atoms with Gasteiger partial charge in [-0.3, -0.25) is 9.69 Å². The predicted octanol–water partition coefficient (Wildman–Crippen LogP) is 4.47. The molecule has 2 aromatic carbocycles. The molecule has 0 aromatic heterocycles. The Morgan fingerprint density at radius 1 is 0.939 bits per heavy atom. The Bertz CT molecular complexity index is 1070. The number of sulfonamides is 1. The molecule has 3 rings (SSSR count). The van der Waals surface area contributed by atoms with Gasteiger partial charge in [0.2, 0.25) is 15.9 Å². The van der Waals surface area contributed by atoms with E-state index in [2.05, 4.69) is 47.2 Å². The number of hydrogen-bond acceptors (Lipinski definition) is 4. The normalized spacial score (nSPS) is 15.9. The second-order valence-electron chi connectivity index (χ2n) is 8.35. The lowest BCUT2D eigenvalue weighted by Crippen LogP contribution is -2.38. The van der Waals surface area contributed by atoms with Crippen LogP contribution in [0.15, 0.2) is 45.8 Å². The molecule has 0 bridgehead atoms. The lowest BCUT2D eigenvalue weighted by molar-refractivity contribution is -0.117. The lowest BCUT2D eigenvalue weighted by atomic mass is 10.0. The number of carbonyl (C=O) groups is 1. The van der Waals surface area contributed by atoms with E-state index in [0.717, 1.165) is 39.7 Å². The summed E-state index contributed by atoms with van der Waals surface area (Å²) in [5.74, 6) is -0.0527. The van der Waals surface area contributed by atoms with Crippen LogP contribution in [0.3, 0.4) is 0 Å². The molecule has 1 saturated heterocycles. The number of hydrogen-bond donors (Lipinski definition) is 1. The summed E-state index contributed by atoms with van der Waals surface area (Å²) in [5.41, 5.74) is 4.01. The third-order valence-corrected chi connectivity index (χ3v) is 8.69. The van der Waals surface area contributed by atoms with Crippen molar-refractivity contribution in [3.8, 4) is 0 Å². The molecule has 1 N–H and O–H groups in total. The Balaban J connectivity index is 1.67. The van der Waals surface area contributed by atoms with Gasteiger partial charge in [0.25, 0.3) is 0 Å². The minimum atomic E-state index is -3.58. The average molecular weight is 537 g/mol.